The Labute approximate surface area is 131 Å². The van der Waals surface area contributed by atoms with Crippen molar-refractivity contribution < 1.29 is 0 Å². The van der Waals surface area contributed by atoms with Gasteiger partial charge >= 0.3 is 0 Å². The molecule has 2 rings (SSSR count). The van der Waals surface area contributed by atoms with E-state index in [0.29, 0.717) is 11.9 Å². The fourth-order valence-corrected chi connectivity index (χ4v) is 2.20. The van der Waals surface area contributed by atoms with E-state index >= 15 is 0 Å². The number of aromatic nitrogens is 2. The van der Waals surface area contributed by atoms with Gasteiger partial charge in [-0.1, -0.05) is 26.0 Å². The molecule has 0 aliphatic heterocycles. The summed E-state index contributed by atoms with van der Waals surface area (Å²) in [6.07, 6.45) is 1.12. The summed E-state index contributed by atoms with van der Waals surface area (Å²) in [5, 5.41) is 13.9. The molecule has 0 amide bonds. The summed E-state index contributed by atoms with van der Waals surface area (Å²) < 4.78 is 0. The van der Waals surface area contributed by atoms with E-state index in [2.05, 4.69) is 46.6 Å². The molecule has 0 spiro atoms. The van der Waals surface area contributed by atoms with Gasteiger partial charge in [0, 0.05) is 17.1 Å². The zero-order chi connectivity index (χ0) is 16.1. The predicted octanol–water partition coefficient (Wildman–Crippen LogP) is 4.07. The van der Waals surface area contributed by atoms with Crippen LogP contribution < -0.4 is 10.6 Å². The standard InChI is InChI=1S/C17H23N5/c1-5-11(2)14-6-8-15(9-7-14)21-16(18)22-17-19-12(3)10-13(4)20-17/h6-11H,5H2,1-4H3,(H3,18,19,20,21,22). The first-order valence-corrected chi connectivity index (χ1v) is 7.52. The van der Waals surface area contributed by atoms with Gasteiger partial charge in [0.05, 0.1) is 0 Å². The molecule has 1 unspecified atom stereocenters. The summed E-state index contributed by atoms with van der Waals surface area (Å²) in [4.78, 5) is 8.52. The molecule has 0 saturated carbocycles. The van der Waals surface area contributed by atoms with Gasteiger partial charge in [0.25, 0.3) is 0 Å². The molecule has 3 N–H and O–H groups in total. The zero-order valence-electron chi connectivity index (χ0n) is 13.6. The number of anilines is 2. The molecule has 1 aromatic heterocycles. The quantitative estimate of drug-likeness (QED) is 0.587. The van der Waals surface area contributed by atoms with Gasteiger partial charge in [-0.3, -0.25) is 10.7 Å². The van der Waals surface area contributed by atoms with E-state index in [1.807, 2.05) is 32.0 Å². The number of hydrogen-bond donors (Lipinski definition) is 3. The Hall–Kier alpha value is -2.43. The second-order valence-corrected chi connectivity index (χ2v) is 5.53. The lowest BCUT2D eigenvalue weighted by Crippen LogP contribution is -2.22. The average molecular weight is 297 g/mol. The van der Waals surface area contributed by atoms with Crippen LogP contribution >= 0.6 is 0 Å². The highest BCUT2D eigenvalue weighted by Gasteiger charge is 2.05. The van der Waals surface area contributed by atoms with Crippen LogP contribution in [-0.4, -0.2) is 15.9 Å². The normalized spacial score (nSPS) is 11.8. The smallest absolute Gasteiger partial charge is 0.229 e. The topological polar surface area (TPSA) is 73.7 Å². The highest BCUT2D eigenvalue weighted by molar-refractivity contribution is 6.00. The Morgan fingerprint density at radius 3 is 2.23 bits per heavy atom. The van der Waals surface area contributed by atoms with Crippen molar-refractivity contribution in [3.8, 4) is 0 Å². The van der Waals surface area contributed by atoms with Gasteiger partial charge in [0.15, 0.2) is 5.96 Å². The number of hydrogen-bond acceptors (Lipinski definition) is 3. The number of aryl methyl sites for hydroxylation is 2. The number of nitrogens with one attached hydrogen (secondary N) is 3. The van der Waals surface area contributed by atoms with Crippen LogP contribution in [0.3, 0.4) is 0 Å². The summed E-state index contributed by atoms with van der Waals surface area (Å²) in [7, 11) is 0. The Bertz CT molecular complexity index is 628. The maximum Gasteiger partial charge on any atom is 0.229 e. The maximum atomic E-state index is 7.98. The molecular weight excluding hydrogens is 274 g/mol. The fourth-order valence-electron chi connectivity index (χ4n) is 2.20. The molecule has 0 aliphatic rings. The van der Waals surface area contributed by atoms with Crippen LogP contribution in [0.2, 0.25) is 0 Å². The Kier molecular flexibility index (Phi) is 5.09. The highest BCUT2D eigenvalue weighted by atomic mass is 15.2. The minimum Gasteiger partial charge on any atom is -0.326 e. The maximum absolute atomic E-state index is 7.98. The van der Waals surface area contributed by atoms with Crippen molar-refractivity contribution in [1.82, 2.24) is 9.97 Å². The third kappa shape index (κ3) is 4.28. The second-order valence-electron chi connectivity index (χ2n) is 5.53. The Balaban J connectivity index is 1.99. The van der Waals surface area contributed by atoms with Crippen molar-refractivity contribution in [2.24, 2.45) is 0 Å². The average Bonchev–Trinajstić information content (AvgIpc) is 2.46. The molecular formula is C17H23N5. The molecule has 22 heavy (non-hydrogen) atoms. The van der Waals surface area contributed by atoms with Crippen LogP contribution in [0, 0.1) is 19.3 Å². The predicted molar refractivity (Wildman–Crippen MR) is 91.6 cm³/mol. The third-order valence-corrected chi connectivity index (χ3v) is 3.58. The second kappa shape index (κ2) is 7.02. The van der Waals surface area contributed by atoms with Gasteiger partial charge in [-0.15, -0.1) is 0 Å². The monoisotopic (exact) mass is 297 g/mol. The van der Waals surface area contributed by atoms with E-state index in [1.165, 1.54) is 5.56 Å². The molecule has 1 heterocycles. The van der Waals surface area contributed by atoms with E-state index in [9.17, 15) is 0 Å². The van der Waals surface area contributed by atoms with Crippen LogP contribution in [0.1, 0.15) is 43.1 Å². The van der Waals surface area contributed by atoms with Crippen LogP contribution in [-0.2, 0) is 0 Å². The summed E-state index contributed by atoms with van der Waals surface area (Å²) in [5.74, 6) is 1.14. The van der Waals surface area contributed by atoms with Crippen LogP contribution in [0.25, 0.3) is 0 Å². The molecule has 2 aromatic rings. The number of rotatable bonds is 4. The lowest BCUT2D eigenvalue weighted by atomic mass is 9.99. The summed E-state index contributed by atoms with van der Waals surface area (Å²) >= 11 is 0. The molecule has 5 nitrogen and oxygen atoms in total. The van der Waals surface area contributed by atoms with Crippen molar-refractivity contribution in [2.75, 3.05) is 10.6 Å². The molecule has 0 fully saturated rings. The Morgan fingerprint density at radius 1 is 1.09 bits per heavy atom. The van der Waals surface area contributed by atoms with Crippen molar-refractivity contribution in [2.45, 2.75) is 40.0 Å². The molecule has 0 radical (unpaired) electrons. The van der Waals surface area contributed by atoms with Gasteiger partial charge in [-0.25, -0.2) is 9.97 Å². The number of benzene rings is 1. The van der Waals surface area contributed by atoms with Crippen molar-refractivity contribution in [1.29, 1.82) is 5.41 Å². The first-order valence-electron chi connectivity index (χ1n) is 7.52. The minimum atomic E-state index is 0.154. The molecule has 0 aliphatic carbocycles. The lowest BCUT2D eigenvalue weighted by molar-refractivity contribution is 0.734. The SMILES string of the molecule is CCC(C)c1ccc(NC(=N)Nc2nc(C)cc(C)n2)cc1. The highest BCUT2D eigenvalue weighted by Crippen LogP contribution is 2.20. The minimum absolute atomic E-state index is 0.154. The molecule has 1 atom stereocenters. The van der Waals surface area contributed by atoms with Gasteiger partial charge < -0.3 is 5.32 Å². The van der Waals surface area contributed by atoms with Gasteiger partial charge in [0.2, 0.25) is 5.95 Å². The van der Waals surface area contributed by atoms with Crippen LogP contribution in [0.15, 0.2) is 30.3 Å². The van der Waals surface area contributed by atoms with Gasteiger partial charge in [0.1, 0.15) is 0 Å². The van der Waals surface area contributed by atoms with E-state index in [1.54, 1.807) is 0 Å². The molecule has 0 saturated heterocycles. The molecule has 1 aromatic carbocycles. The van der Waals surface area contributed by atoms with E-state index in [4.69, 9.17) is 5.41 Å². The first-order chi connectivity index (χ1) is 10.5. The summed E-state index contributed by atoms with van der Waals surface area (Å²) in [6, 6.07) is 10.1. The fraction of sp³-hybridized carbons (Fsp3) is 0.353. The number of guanidine groups is 1. The third-order valence-electron chi connectivity index (χ3n) is 3.58. The van der Waals surface area contributed by atoms with Crippen LogP contribution in [0.4, 0.5) is 11.6 Å². The number of nitrogens with zero attached hydrogens (tertiary/aromatic N) is 2. The Morgan fingerprint density at radius 2 is 1.68 bits per heavy atom. The van der Waals surface area contributed by atoms with Crippen LogP contribution in [0.5, 0.6) is 0 Å². The summed E-state index contributed by atoms with van der Waals surface area (Å²) in [5.41, 5.74) is 3.93. The molecule has 0 bridgehead atoms. The van der Waals surface area contributed by atoms with E-state index in [0.717, 1.165) is 23.5 Å². The van der Waals surface area contributed by atoms with E-state index < -0.39 is 0 Å². The zero-order valence-corrected chi connectivity index (χ0v) is 13.6. The largest absolute Gasteiger partial charge is 0.326 e. The van der Waals surface area contributed by atoms with Crippen molar-refractivity contribution >= 4 is 17.6 Å². The molecule has 5 heteroatoms. The van der Waals surface area contributed by atoms with Gasteiger partial charge in [-0.05, 0) is 49.9 Å². The first kappa shape index (κ1) is 15.9. The van der Waals surface area contributed by atoms with Crippen molar-refractivity contribution in [3.05, 3.63) is 47.3 Å². The van der Waals surface area contributed by atoms with Gasteiger partial charge in [-0.2, -0.15) is 0 Å². The van der Waals surface area contributed by atoms with Crippen molar-refractivity contribution in [3.63, 3.8) is 0 Å². The molecule has 116 valence electrons. The van der Waals surface area contributed by atoms with E-state index in [-0.39, 0.29) is 5.96 Å². The lowest BCUT2D eigenvalue weighted by Gasteiger charge is -2.12. The summed E-state index contributed by atoms with van der Waals surface area (Å²) in [6.45, 7) is 8.21.